The highest BCUT2D eigenvalue weighted by Crippen LogP contribution is 2.24. The molecule has 1 aromatic carbocycles. The van der Waals surface area contributed by atoms with Crippen molar-refractivity contribution in [3.8, 4) is 11.4 Å². The lowest BCUT2D eigenvalue weighted by Crippen LogP contribution is -2.09. The van der Waals surface area contributed by atoms with Crippen LogP contribution in [0.25, 0.3) is 17.2 Å². The number of aromatic nitrogens is 6. The Kier molecular flexibility index (Phi) is 4.60. The number of fused-ring (bicyclic) bond motifs is 1. The van der Waals surface area contributed by atoms with E-state index in [0.29, 0.717) is 17.7 Å². The van der Waals surface area contributed by atoms with E-state index in [9.17, 15) is 18.0 Å². The van der Waals surface area contributed by atoms with Crippen LogP contribution in [0.4, 0.5) is 13.2 Å². The number of carbonyl (C=O) groups is 1. The summed E-state index contributed by atoms with van der Waals surface area (Å²) in [6.45, 7) is 0. The zero-order valence-corrected chi connectivity index (χ0v) is 12.9. The standard InChI is InChI=1S/C11H5F3N4.C4H5N3O/c12-6-4-7(13)9(8(14)5-6)10-16-11-15-2-1-3-18(11)17-10;5-4(8)3-1-6-7-2-3/h1-5H;1-2H,(H2,5,8)(H,6,7). The molecule has 4 aromatic rings. The van der Waals surface area contributed by atoms with Crippen molar-refractivity contribution in [3.05, 3.63) is 66.0 Å². The number of hydrogen-bond acceptors (Lipinski definition) is 5. The summed E-state index contributed by atoms with van der Waals surface area (Å²) in [7, 11) is 0. The average molecular weight is 361 g/mol. The highest BCUT2D eigenvalue weighted by atomic mass is 19.1. The normalized spacial score (nSPS) is 10.4. The van der Waals surface area contributed by atoms with Gasteiger partial charge in [0.2, 0.25) is 0 Å². The second-order valence-corrected chi connectivity index (χ2v) is 4.90. The van der Waals surface area contributed by atoms with E-state index in [2.05, 4.69) is 25.3 Å². The van der Waals surface area contributed by atoms with E-state index >= 15 is 0 Å². The summed E-state index contributed by atoms with van der Waals surface area (Å²) in [4.78, 5) is 18.0. The van der Waals surface area contributed by atoms with Crippen LogP contribution in [-0.2, 0) is 0 Å². The van der Waals surface area contributed by atoms with Gasteiger partial charge in [0.05, 0.1) is 17.3 Å². The molecule has 0 fully saturated rings. The third-order valence-corrected chi connectivity index (χ3v) is 3.13. The number of nitrogens with one attached hydrogen (secondary N) is 1. The Balaban J connectivity index is 0.000000206. The number of H-pyrrole nitrogens is 1. The third kappa shape index (κ3) is 3.50. The molecule has 3 aromatic heterocycles. The predicted molar refractivity (Wildman–Crippen MR) is 83.2 cm³/mol. The molecule has 4 rings (SSSR count). The molecule has 0 aliphatic heterocycles. The minimum Gasteiger partial charge on any atom is -0.366 e. The zero-order chi connectivity index (χ0) is 18.7. The number of nitrogens with zero attached hydrogens (tertiary/aromatic N) is 5. The molecule has 0 atom stereocenters. The Morgan fingerprint density at radius 2 is 1.92 bits per heavy atom. The summed E-state index contributed by atoms with van der Waals surface area (Å²) in [5, 5.41) is 9.85. The first kappa shape index (κ1) is 17.1. The second-order valence-electron chi connectivity index (χ2n) is 4.90. The summed E-state index contributed by atoms with van der Waals surface area (Å²) in [6, 6.07) is 2.76. The van der Waals surface area contributed by atoms with Crippen molar-refractivity contribution in [1.29, 1.82) is 0 Å². The topological polar surface area (TPSA) is 115 Å². The van der Waals surface area contributed by atoms with Gasteiger partial charge in [0.25, 0.3) is 11.7 Å². The Morgan fingerprint density at radius 1 is 1.19 bits per heavy atom. The van der Waals surface area contributed by atoms with Gasteiger partial charge >= 0.3 is 0 Å². The minimum absolute atomic E-state index is 0.177. The lowest BCUT2D eigenvalue weighted by atomic mass is 10.2. The van der Waals surface area contributed by atoms with Crippen LogP contribution in [0.2, 0.25) is 0 Å². The molecule has 3 N–H and O–H groups in total. The fraction of sp³-hybridized carbons (Fsp3) is 0. The van der Waals surface area contributed by atoms with Crippen molar-refractivity contribution in [3.63, 3.8) is 0 Å². The lowest BCUT2D eigenvalue weighted by Gasteiger charge is -1.99. The van der Waals surface area contributed by atoms with Crippen LogP contribution in [0.1, 0.15) is 10.4 Å². The SMILES string of the molecule is Fc1cc(F)c(-c2nc3ncccn3n2)c(F)c1.NC(=O)c1cn[nH]c1. The Morgan fingerprint density at radius 3 is 2.46 bits per heavy atom. The first-order valence-electron chi connectivity index (χ1n) is 7.06. The summed E-state index contributed by atoms with van der Waals surface area (Å²) in [6.07, 6.45) is 5.84. The van der Waals surface area contributed by atoms with E-state index in [0.717, 1.165) is 0 Å². The molecule has 1 amide bonds. The summed E-state index contributed by atoms with van der Waals surface area (Å²) < 4.78 is 41.1. The van der Waals surface area contributed by atoms with Crippen molar-refractivity contribution in [2.45, 2.75) is 0 Å². The molecular formula is C15H10F3N7O. The maximum absolute atomic E-state index is 13.5. The van der Waals surface area contributed by atoms with Gasteiger partial charge in [-0.15, -0.1) is 5.10 Å². The Bertz CT molecular complexity index is 1010. The molecule has 11 heteroatoms. The molecular weight excluding hydrogens is 351 g/mol. The molecule has 0 bridgehead atoms. The molecule has 26 heavy (non-hydrogen) atoms. The second kappa shape index (κ2) is 7.01. The molecule has 0 aliphatic carbocycles. The molecule has 3 heterocycles. The zero-order valence-electron chi connectivity index (χ0n) is 12.9. The molecule has 0 saturated carbocycles. The van der Waals surface area contributed by atoms with Gasteiger partial charge in [0, 0.05) is 30.7 Å². The van der Waals surface area contributed by atoms with E-state index in [1.807, 2.05) is 0 Å². The van der Waals surface area contributed by atoms with Gasteiger partial charge in [-0.1, -0.05) is 0 Å². The van der Waals surface area contributed by atoms with Gasteiger partial charge in [0.1, 0.15) is 17.5 Å². The predicted octanol–water partition coefficient (Wildman–Crippen LogP) is 1.72. The number of primary amides is 1. The smallest absolute Gasteiger partial charge is 0.252 e. The van der Waals surface area contributed by atoms with Crippen molar-refractivity contribution in [2.75, 3.05) is 0 Å². The number of nitrogens with two attached hydrogens (primary N) is 1. The maximum Gasteiger partial charge on any atom is 0.252 e. The number of aromatic amines is 1. The number of carbonyl (C=O) groups excluding carboxylic acids is 1. The van der Waals surface area contributed by atoms with Crippen LogP contribution in [0.5, 0.6) is 0 Å². The number of rotatable bonds is 2. The minimum atomic E-state index is -1.05. The van der Waals surface area contributed by atoms with Crippen LogP contribution in [0.15, 0.2) is 43.0 Å². The van der Waals surface area contributed by atoms with Crippen LogP contribution >= 0.6 is 0 Å². The lowest BCUT2D eigenvalue weighted by molar-refractivity contribution is 0.100. The maximum atomic E-state index is 13.5. The molecule has 0 spiro atoms. The van der Waals surface area contributed by atoms with Crippen molar-refractivity contribution >= 4 is 11.7 Å². The first-order valence-corrected chi connectivity index (χ1v) is 7.06. The van der Waals surface area contributed by atoms with E-state index in [1.165, 1.54) is 29.3 Å². The number of benzene rings is 1. The molecule has 132 valence electrons. The molecule has 8 nitrogen and oxygen atoms in total. The fourth-order valence-corrected chi connectivity index (χ4v) is 1.98. The van der Waals surface area contributed by atoms with Gasteiger partial charge in [-0.3, -0.25) is 9.89 Å². The van der Waals surface area contributed by atoms with Crippen molar-refractivity contribution in [1.82, 2.24) is 29.8 Å². The van der Waals surface area contributed by atoms with Crippen LogP contribution < -0.4 is 5.73 Å². The highest BCUT2D eigenvalue weighted by molar-refractivity contribution is 5.92. The fourth-order valence-electron chi connectivity index (χ4n) is 1.98. The largest absolute Gasteiger partial charge is 0.366 e. The molecule has 0 saturated heterocycles. The van der Waals surface area contributed by atoms with E-state index in [4.69, 9.17) is 5.73 Å². The number of amides is 1. The highest BCUT2D eigenvalue weighted by Gasteiger charge is 2.18. The molecule has 0 radical (unpaired) electrons. The van der Waals surface area contributed by atoms with E-state index in [-0.39, 0.29) is 11.6 Å². The number of halogens is 3. The Labute approximate surface area is 143 Å². The van der Waals surface area contributed by atoms with Gasteiger partial charge in [0.15, 0.2) is 5.82 Å². The van der Waals surface area contributed by atoms with Crippen LogP contribution in [0, 0.1) is 17.5 Å². The van der Waals surface area contributed by atoms with Gasteiger partial charge < -0.3 is 5.73 Å². The molecule has 0 unspecified atom stereocenters. The summed E-state index contributed by atoms with van der Waals surface area (Å²) >= 11 is 0. The summed E-state index contributed by atoms with van der Waals surface area (Å²) in [5.41, 5.74) is 4.80. The van der Waals surface area contributed by atoms with Crippen LogP contribution in [0.3, 0.4) is 0 Å². The monoisotopic (exact) mass is 361 g/mol. The third-order valence-electron chi connectivity index (χ3n) is 3.13. The van der Waals surface area contributed by atoms with Crippen LogP contribution in [-0.4, -0.2) is 35.7 Å². The molecule has 0 aliphatic rings. The van der Waals surface area contributed by atoms with Gasteiger partial charge in [-0.25, -0.2) is 22.7 Å². The quantitative estimate of drug-likeness (QED) is 0.564. The van der Waals surface area contributed by atoms with Gasteiger partial charge in [-0.05, 0) is 6.07 Å². The Hall–Kier alpha value is -3.76. The van der Waals surface area contributed by atoms with Gasteiger partial charge in [-0.2, -0.15) is 10.1 Å². The van der Waals surface area contributed by atoms with Crippen molar-refractivity contribution in [2.24, 2.45) is 5.73 Å². The summed E-state index contributed by atoms with van der Waals surface area (Å²) in [5.74, 6) is -3.53. The first-order chi connectivity index (χ1) is 12.5. The van der Waals surface area contributed by atoms with E-state index < -0.39 is 28.9 Å². The average Bonchev–Trinajstić information content (AvgIpc) is 3.24. The van der Waals surface area contributed by atoms with Crippen molar-refractivity contribution < 1.29 is 18.0 Å². The number of hydrogen-bond donors (Lipinski definition) is 2. The van der Waals surface area contributed by atoms with E-state index in [1.54, 1.807) is 6.07 Å².